The second-order valence-corrected chi connectivity index (χ2v) is 6.33. The molecule has 0 spiro atoms. The largest absolute Gasteiger partial charge is 0.465 e. The minimum absolute atomic E-state index is 0.162. The minimum atomic E-state index is -0.442. The number of carbonyl (C=O) groups is 2. The second kappa shape index (κ2) is 8.49. The highest BCUT2D eigenvalue weighted by Gasteiger charge is 2.10. The third-order valence-electron chi connectivity index (χ3n) is 3.90. The van der Waals surface area contributed by atoms with E-state index in [9.17, 15) is 9.59 Å². The molecule has 7 nitrogen and oxygen atoms in total. The molecule has 1 heterocycles. The van der Waals surface area contributed by atoms with Gasteiger partial charge in [0.05, 0.1) is 25.1 Å². The molecule has 0 aliphatic heterocycles. The fourth-order valence-corrected chi connectivity index (χ4v) is 2.64. The topological polar surface area (TPSA) is 93.2 Å². The van der Waals surface area contributed by atoms with E-state index in [-0.39, 0.29) is 5.69 Å². The Bertz CT molecular complexity index is 1000. The molecule has 0 unspecified atom stereocenters. The van der Waals surface area contributed by atoms with Crippen molar-refractivity contribution < 1.29 is 14.3 Å². The number of amides is 1. The summed E-state index contributed by atoms with van der Waals surface area (Å²) in [5.41, 5.74) is 2.90. The summed E-state index contributed by atoms with van der Waals surface area (Å²) in [6.45, 7) is 1.93. The minimum Gasteiger partial charge on any atom is -0.465 e. The molecular formula is C20H17ClN4O3. The van der Waals surface area contributed by atoms with Gasteiger partial charge in [0.1, 0.15) is 11.5 Å². The highest BCUT2D eigenvalue weighted by Crippen LogP contribution is 2.22. The molecule has 0 aliphatic carbocycles. The predicted octanol–water partition coefficient (Wildman–Crippen LogP) is 4.22. The summed E-state index contributed by atoms with van der Waals surface area (Å²) in [6, 6.07) is 11.8. The van der Waals surface area contributed by atoms with Gasteiger partial charge < -0.3 is 15.4 Å². The summed E-state index contributed by atoms with van der Waals surface area (Å²) in [7, 11) is 1.31. The van der Waals surface area contributed by atoms with Crippen LogP contribution in [0.4, 0.5) is 17.2 Å². The molecule has 3 aromatic rings. The zero-order valence-corrected chi connectivity index (χ0v) is 15.9. The Morgan fingerprint density at radius 1 is 1.04 bits per heavy atom. The first-order chi connectivity index (χ1) is 13.5. The number of hydrogen-bond donors (Lipinski definition) is 2. The Kier molecular flexibility index (Phi) is 5.86. The number of benzene rings is 2. The molecule has 2 aromatic carbocycles. The van der Waals surface area contributed by atoms with Crippen LogP contribution in [0.25, 0.3) is 0 Å². The van der Waals surface area contributed by atoms with Crippen LogP contribution in [0, 0.1) is 6.92 Å². The van der Waals surface area contributed by atoms with Gasteiger partial charge in [0.15, 0.2) is 0 Å². The third kappa shape index (κ3) is 4.63. The molecule has 1 aromatic heterocycles. The number of esters is 1. The number of halogens is 1. The van der Waals surface area contributed by atoms with Crippen LogP contribution in [0.1, 0.15) is 26.4 Å². The summed E-state index contributed by atoms with van der Waals surface area (Å²) in [5.74, 6) is -0.347. The van der Waals surface area contributed by atoms with Gasteiger partial charge in [-0.2, -0.15) is 0 Å². The lowest BCUT2D eigenvalue weighted by Gasteiger charge is -2.09. The lowest BCUT2D eigenvalue weighted by atomic mass is 10.2. The summed E-state index contributed by atoms with van der Waals surface area (Å²) < 4.78 is 4.64. The molecule has 0 atom stereocenters. The van der Waals surface area contributed by atoms with Crippen LogP contribution in [-0.2, 0) is 4.74 Å². The van der Waals surface area contributed by atoms with E-state index in [0.717, 1.165) is 11.3 Å². The SMILES string of the molecule is COC(=O)c1ccc(NC(=O)c2cnc(Nc3ccc(Cl)cc3C)cn2)cc1. The fourth-order valence-electron chi connectivity index (χ4n) is 2.42. The number of nitrogens with one attached hydrogen (secondary N) is 2. The molecule has 28 heavy (non-hydrogen) atoms. The number of anilines is 3. The average molecular weight is 397 g/mol. The van der Waals surface area contributed by atoms with E-state index in [1.54, 1.807) is 30.3 Å². The van der Waals surface area contributed by atoms with Gasteiger partial charge in [0, 0.05) is 16.4 Å². The van der Waals surface area contributed by atoms with Crippen molar-refractivity contribution >= 4 is 40.7 Å². The zero-order chi connectivity index (χ0) is 20.1. The fraction of sp³-hybridized carbons (Fsp3) is 0.100. The van der Waals surface area contributed by atoms with E-state index < -0.39 is 11.9 Å². The third-order valence-corrected chi connectivity index (χ3v) is 4.13. The number of hydrogen-bond acceptors (Lipinski definition) is 6. The van der Waals surface area contributed by atoms with Crippen LogP contribution < -0.4 is 10.6 Å². The number of ether oxygens (including phenoxy) is 1. The second-order valence-electron chi connectivity index (χ2n) is 5.89. The number of nitrogens with zero attached hydrogens (tertiary/aromatic N) is 2. The molecular weight excluding hydrogens is 380 g/mol. The van der Waals surface area contributed by atoms with Crippen molar-refractivity contribution in [1.29, 1.82) is 0 Å². The van der Waals surface area contributed by atoms with E-state index in [4.69, 9.17) is 11.6 Å². The monoisotopic (exact) mass is 396 g/mol. The lowest BCUT2D eigenvalue weighted by molar-refractivity contribution is 0.0600. The van der Waals surface area contributed by atoms with Crippen molar-refractivity contribution in [2.45, 2.75) is 6.92 Å². The molecule has 0 saturated heterocycles. The Labute approximate surface area is 166 Å². The first-order valence-electron chi connectivity index (χ1n) is 8.31. The first-order valence-corrected chi connectivity index (χ1v) is 8.69. The molecule has 142 valence electrons. The van der Waals surface area contributed by atoms with Crippen LogP contribution >= 0.6 is 11.6 Å². The van der Waals surface area contributed by atoms with Crippen molar-refractivity contribution in [1.82, 2.24) is 9.97 Å². The first kappa shape index (κ1) is 19.3. The average Bonchev–Trinajstić information content (AvgIpc) is 2.70. The van der Waals surface area contributed by atoms with E-state index in [2.05, 4.69) is 25.3 Å². The number of aryl methyl sites for hydroxylation is 1. The Hall–Kier alpha value is -3.45. The van der Waals surface area contributed by atoms with Crippen molar-refractivity contribution in [3.8, 4) is 0 Å². The molecule has 1 amide bonds. The highest BCUT2D eigenvalue weighted by molar-refractivity contribution is 6.30. The van der Waals surface area contributed by atoms with E-state index in [1.165, 1.54) is 19.5 Å². The predicted molar refractivity (Wildman–Crippen MR) is 107 cm³/mol. The number of aromatic nitrogens is 2. The van der Waals surface area contributed by atoms with Gasteiger partial charge in [-0.3, -0.25) is 4.79 Å². The number of carbonyl (C=O) groups excluding carboxylic acids is 2. The number of methoxy groups -OCH3 is 1. The van der Waals surface area contributed by atoms with Gasteiger partial charge in [0.25, 0.3) is 5.91 Å². The maximum atomic E-state index is 12.3. The number of rotatable bonds is 5. The van der Waals surface area contributed by atoms with Crippen LogP contribution in [-0.4, -0.2) is 29.0 Å². The van der Waals surface area contributed by atoms with Gasteiger partial charge in [0.2, 0.25) is 0 Å². The van der Waals surface area contributed by atoms with Gasteiger partial charge in [-0.05, 0) is 55.0 Å². The standard InChI is InChI=1S/C20H17ClN4O3/c1-12-9-14(21)5-8-16(12)25-18-11-22-17(10-23-18)19(26)24-15-6-3-13(4-7-15)20(27)28-2/h3-11H,1-2H3,(H,23,25)(H,24,26). The molecule has 2 N–H and O–H groups in total. The maximum Gasteiger partial charge on any atom is 0.337 e. The van der Waals surface area contributed by atoms with E-state index >= 15 is 0 Å². The Morgan fingerprint density at radius 3 is 2.39 bits per heavy atom. The maximum absolute atomic E-state index is 12.3. The van der Waals surface area contributed by atoms with E-state index in [0.29, 0.717) is 22.1 Å². The molecule has 0 fully saturated rings. The summed E-state index contributed by atoms with van der Waals surface area (Å²) in [4.78, 5) is 32.1. The van der Waals surface area contributed by atoms with E-state index in [1.807, 2.05) is 19.1 Å². The highest BCUT2D eigenvalue weighted by atomic mass is 35.5. The van der Waals surface area contributed by atoms with Gasteiger partial charge in [-0.15, -0.1) is 0 Å². The van der Waals surface area contributed by atoms with Crippen LogP contribution in [0.15, 0.2) is 54.9 Å². The van der Waals surface area contributed by atoms with Crippen molar-refractivity contribution in [3.63, 3.8) is 0 Å². The van der Waals surface area contributed by atoms with Crippen LogP contribution in [0.5, 0.6) is 0 Å². The van der Waals surface area contributed by atoms with Crippen LogP contribution in [0.2, 0.25) is 5.02 Å². The molecule has 3 rings (SSSR count). The smallest absolute Gasteiger partial charge is 0.337 e. The van der Waals surface area contributed by atoms with Crippen molar-refractivity contribution in [2.24, 2.45) is 0 Å². The molecule has 0 bridgehead atoms. The molecule has 8 heteroatoms. The Balaban J connectivity index is 1.65. The molecule has 0 aliphatic rings. The summed E-state index contributed by atoms with van der Waals surface area (Å²) >= 11 is 5.95. The normalized spacial score (nSPS) is 10.2. The molecule has 0 radical (unpaired) electrons. The van der Waals surface area contributed by atoms with Crippen LogP contribution in [0.3, 0.4) is 0 Å². The lowest BCUT2D eigenvalue weighted by Crippen LogP contribution is -2.14. The Morgan fingerprint density at radius 2 is 1.79 bits per heavy atom. The summed E-state index contributed by atoms with van der Waals surface area (Å²) in [5, 5.41) is 6.48. The zero-order valence-electron chi connectivity index (χ0n) is 15.2. The van der Waals surface area contributed by atoms with Gasteiger partial charge in [-0.25, -0.2) is 14.8 Å². The van der Waals surface area contributed by atoms with Crippen molar-refractivity contribution in [2.75, 3.05) is 17.7 Å². The van der Waals surface area contributed by atoms with Gasteiger partial charge in [-0.1, -0.05) is 11.6 Å². The summed E-state index contributed by atoms with van der Waals surface area (Å²) in [6.07, 6.45) is 2.86. The van der Waals surface area contributed by atoms with Crippen molar-refractivity contribution in [3.05, 3.63) is 76.7 Å². The van der Waals surface area contributed by atoms with Gasteiger partial charge >= 0.3 is 5.97 Å². The quantitative estimate of drug-likeness (QED) is 0.627. The molecule has 0 saturated carbocycles.